The van der Waals surface area contributed by atoms with Crippen molar-refractivity contribution in [3.8, 4) is 0 Å². The van der Waals surface area contributed by atoms with E-state index in [1.54, 1.807) is 48.5 Å². The number of nitrogens with one attached hydrogen (secondary N) is 1. The van der Waals surface area contributed by atoms with Crippen LogP contribution in [0.2, 0.25) is 0 Å². The van der Waals surface area contributed by atoms with Gasteiger partial charge in [-0.1, -0.05) is 82.7 Å². The highest BCUT2D eigenvalue weighted by Gasteiger charge is 2.49. The molecule has 1 aliphatic rings. The Balaban J connectivity index is 1.44. The van der Waals surface area contributed by atoms with Crippen molar-refractivity contribution in [1.29, 1.82) is 0 Å². The number of imide groups is 2. The summed E-state index contributed by atoms with van der Waals surface area (Å²) in [5, 5.41) is 1.10. The van der Waals surface area contributed by atoms with Gasteiger partial charge in [0.05, 0.1) is 17.1 Å². The molecule has 0 atom stereocenters. The number of benzene rings is 4. The third kappa shape index (κ3) is 5.05. The molecule has 0 aliphatic carbocycles. The Morgan fingerprint density at radius 2 is 1.33 bits per heavy atom. The molecule has 0 spiro atoms. The lowest BCUT2D eigenvalue weighted by atomic mass is 9.91. The van der Waals surface area contributed by atoms with E-state index in [9.17, 15) is 14.4 Å². The highest BCUT2D eigenvalue weighted by molar-refractivity contribution is 9.10. The molecule has 1 fully saturated rings. The molecule has 4 aromatic carbocycles. The van der Waals surface area contributed by atoms with E-state index in [0.717, 1.165) is 36.4 Å². The van der Waals surface area contributed by atoms with Crippen molar-refractivity contribution < 1.29 is 14.4 Å². The standard InChI is InChI=1S/C34H27BrN4O3/c1-22-27(28-21-24(35)17-18-29(28)37-22)19-20-36-31(23-11-5-2-6-12-23)30-32(40)38(25-13-7-3-8-14-25)34(42)39(33(30)41)26-15-9-4-10-16-26/h2-18,21,30,37H,19-20H2,1H3. The van der Waals surface area contributed by atoms with Gasteiger partial charge in [-0.2, -0.15) is 0 Å². The quantitative estimate of drug-likeness (QED) is 0.156. The molecule has 5 aromatic rings. The molecular formula is C34H27BrN4O3. The van der Waals surface area contributed by atoms with E-state index in [1.165, 1.54) is 0 Å². The van der Waals surface area contributed by atoms with Crippen molar-refractivity contribution in [1.82, 2.24) is 4.98 Å². The fraction of sp³-hybridized carbons (Fsp3) is 0.118. The molecule has 1 N–H and O–H groups in total. The Kier molecular flexibility index (Phi) is 7.54. The van der Waals surface area contributed by atoms with Gasteiger partial charge in [-0.25, -0.2) is 14.6 Å². The molecule has 42 heavy (non-hydrogen) atoms. The molecule has 1 aromatic heterocycles. The minimum atomic E-state index is -1.32. The topological polar surface area (TPSA) is 85.8 Å². The minimum Gasteiger partial charge on any atom is -0.358 e. The zero-order valence-corrected chi connectivity index (χ0v) is 24.4. The number of aryl methyl sites for hydroxylation is 1. The number of aromatic nitrogens is 1. The van der Waals surface area contributed by atoms with Crippen LogP contribution in [0.3, 0.4) is 0 Å². The molecule has 6 rings (SSSR count). The summed E-state index contributed by atoms with van der Waals surface area (Å²) in [6, 6.07) is 32.0. The highest BCUT2D eigenvalue weighted by Crippen LogP contribution is 2.31. The number of hydrogen-bond acceptors (Lipinski definition) is 4. The number of aromatic amines is 1. The fourth-order valence-corrected chi connectivity index (χ4v) is 5.80. The summed E-state index contributed by atoms with van der Waals surface area (Å²) in [7, 11) is 0. The average Bonchev–Trinajstić information content (AvgIpc) is 3.31. The molecule has 1 aliphatic heterocycles. The predicted octanol–water partition coefficient (Wildman–Crippen LogP) is 7.09. The third-order valence-corrected chi connectivity index (χ3v) is 7.91. The summed E-state index contributed by atoms with van der Waals surface area (Å²) < 4.78 is 0.980. The summed E-state index contributed by atoms with van der Waals surface area (Å²) in [5.74, 6) is -2.57. The number of rotatable bonds is 7. The third-order valence-electron chi connectivity index (χ3n) is 7.41. The van der Waals surface area contributed by atoms with E-state index < -0.39 is 23.8 Å². The first-order valence-corrected chi connectivity index (χ1v) is 14.4. The van der Waals surface area contributed by atoms with Crippen LogP contribution in [0.5, 0.6) is 0 Å². The second kappa shape index (κ2) is 11.6. The maximum Gasteiger partial charge on any atom is 0.342 e. The molecule has 208 valence electrons. The Hall–Kier alpha value is -4.82. The van der Waals surface area contributed by atoms with Crippen LogP contribution in [0.15, 0.2) is 119 Å². The van der Waals surface area contributed by atoms with Crippen molar-refractivity contribution in [2.24, 2.45) is 10.9 Å². The number of para-hydroxylation sites is 2. The molecule has 0 radical (unpaired) electrons. The number of carbonyl (C=O) groups excluding carboxylic acids is 3. The lowest BCUT2D eigenvalue weighted by Crippen LogP contribution is -2.62. The largest absolute Gasteiger partial charge is 0.358 e. The van der Waals surface area contributed by atoms with E-state index in [2.05, 4.69) is 27.0 Å². The van der Waals surface area contributed by atoms with Crippen LogP contribution >= 0.6 is 15.9 Å². The number of nitrogens with zero attached hydrogens (tertiary/aromatic N) is 3. The van der Waals surface area contributed by atoms with E-state index in [0.29, 0.717) is 35.6 Å². The van der Waals surface area contributed by atoms with Crippen LogP contribution in [-0.4, -0.2) is 35.1 Å². The van der Waals surface area contributed by atoms with Gasteiger partial charge in [-0.15, -0.1) is 0 Å². The highest BCUT2D eigenvalue weighted by atomic mass is 79.9. The average molecular weight is 620 g/mol. The molecule has 0 saturated carbocycles. The number of urea groups is 1. The molecular weight excluding hydrogens is 592 g/mol. The summed E-state index contributed by atoms with van der Waals surface area (Å²) >= 11 is 3.56. The van der Waals surface area contributed by atoms with Gasteiger partial charge < -0.3 is 4.98 Å². The number of anilines is 2. The van der Waals surface area contributed by atoms with Gasteiger partial charge >= 0.3 is 6.03 Å². The predicted molar refractivity (Wildman–Crippen MR) is 169 cm³/mol. The first kappa shape index (κ1) is 27.4. The van der Waals surface area contributed by atoms with Gasteiger partial charge in [0.25, 0.3) is 11.8 Å². The van der Waals surface area contributed by atoms with Gasteiger partial charge in [-0.05, 0) is 66.9 Å². The molecule has 8 heteroatoms. The number of amides is 4. The van der Waals surface area contributed by atoms with Crippen LogP contribution < -0.4 is 9.80 Å². The molecule has 0 unspecified atom stereocenters. The second-order valence-electron chi connectivity index (χ2n) is 10.0. The van der Waals surface area contributed by atoms with Gasteiger partial charge in [0.2, 0.25) is 0 Å². The van der Waals surface area contributed by atoms with E-state index in [-0.39, 0.29) is 0 Å². The van der Waals surface area contributed by atoms with Crippen LogP contribution in [-0.2, 0) is 16.0 Å². The SMILES string of the molecule is Cc1[nH]c2ccc(Br)cc2c1CCN=C(c1ccccc1)C1C(=O)N(c2ccccc2)C(=O)N(c2ccccc2)C1=O. The van der Waals surface area contributed by atoms with Crippen molar-refractivity contribution in [3.63, 3.8) is 0 Å². The lowest BCUT2D eigenvalue weighted by molar-refractivity contribution is -0.129. The molecule has 4 amide bonds. The van der Waals surface area contributed by atoms with E-state index in [4.69, 9.17) is 4.99 Å². The van der Waals surface area contributed by atoms with Gasteiger partial charge in [-0.3, -0.25) is 14.6 Å². The van der Waals surface area contributed by atoms with Crippen LogP contribution in [0.25, 0.3) is 10.9 Å². The first-order valence-electron chi connectivity index (χ1n) is 13.6. The summed E-state index contributed by atoms with van der Waals surface area (Å²) in [6.07, 6.45) is 0.595. The molecule has 2 heterocycles. The van der Waals surface area contributed by atoms with Crippen molar-refractivity contribution >= 4 is 61.8 Å². The molecule has 1 saturated heterocycles. The summed E-state index contributed by atoms with van der Waals surface area (Å²) in [6.45, 7) is 2.37. The monoisotopic (exact) mass is 618 g/mol. The summed E-state index contributed by atoms with van der Waals surface area (Å²) in [5.41, 5.74) is 4.95. The second-order valence-corrected chi connectivity index (χ2v) is 11.0. The number of H-pyrrole nitrogens is 1. The Labute approximate surface area is 251 Å². The number of halogens is 1. The molecule has 0 bridgehead atoms. The first-order chi connectivity index (χ1) is 20.4. The number of fused-ring (bicyclic) bond motifs is 1. The zero-order valence-electron chi connectivity index (χ0n) is 22.8. The normalized spacial score (nSPS) is 14.7. The maximum absolute atomic E-state index is 14.2. The molecule has 7 nitrogen and oxygen atoms in total. The Bertz CT molecular complexity index is 1760. The number of barbiturate groups is 1. The van der Waals surface area contributed by atoms with Gasteiger partial charge in [0, 0.05) is 27.6 Å². The minimum absolute atomic E-state index is 0.332. The van der Waals surface area contributed by atoms with Gasteiger partial charge in [0.15, 0.2) is 5.92 Å². The maximum atomic E-state index is 14.2. The van der Waals surface area contributed by atoms with Crippen molar-refractivity contribution in [2.45, 2.75) is 13.3 Å². The number of aliphatic imine (C=N–C) groups is 1. The van der Waals surface area contributed by atoms with Crippen LogP contribution in [0.4, 0.5) is 16.2 Å². The lowest BCUT2D eigenvalue weighted by Gasteiger charge is -2.37. The van der Waals surface area contributed by atoms with E-state index in [1.807, 2.05) is 61.5 Å². The van der Waals surface area contributed by atoms with E-state index >= 15 is 0 Å². The summed E-state index contributed by atoms with van der Waals surface area (Å²) in [4.78, 5) is 52.6. The van der Waals surface area contributed by atoms with Crippen molar-refractivity contribution in [3.05, 3.63) is 130 Å². The zero-order chi connectivity index (χ0) is 29.2. The van der Waals surface area contributed by atoms with Gasteiger partial charge in [0.1, 0.15) is 0 Å². The fourth-order valence-electron chi connectivity index (χ4n) is 5.44. The Morgan fingerprint density at radius 3 is 1.90 bits per heavy atom. The Morgan fingerprint density at radius 1 is 0.786 bits per heavy atom. The smallest absolute Gasteiger partial charge is 0.342 e. The van der Waals surface area contributed by atoms with Crippen LogP contribution in [0.1, 0.15) is 16.8 Å². The number of hydrogen-bond donors (Lipinski definition) is 1. The van der Waals surface area contributed by atoms with Crippen molar-refractivity contribution in [2.75, 3.05) is 16.3 Å². The van der Waals surface area contributed by atoms with Crippen LogP contribution in [0, 0.1) is 12.8 Å². The number of carbonyl (C=O) groups is 3.